The van der Waals surface area contributed by atoms with Crippen molar-refractivity contribution in [1.82, 2.24) is 24.2 Å². The Morgan fingerprint density at radius 1 is 0.900 bits per heavy atom. The number of pyridine rings is 1. The van der Waals surface area contributed by atoms with Crippen molar-refractivity contribution in [2.75, 3.05) is 44.2 Å². The average Bonchev–Trinajstić information content (AvgIpc) is 3.01. The van der Waals surface area contributed by atoms with Crippen LogP contribution in [0.1, 0.15) is 12.8 Å². The second-order valence-electron chi connectivity index (χ2n) is 10.2. The summed E-state index contributed by atoms with van der Waals surface area (Å²) in [6.45, 7) is 2.92. The van der Waals surface area contributed by atoms with Crippen molar-refractivity contribution in [2.24, 2.45) is 5.92 Å². The molecule has 6 rings (SSSR count). The van der Waals surface area contributed by atoms with E-state index < -0.39 is 10.0 Å². The SMILES string of the molecule is O=C(C1CCCN(S(=O)(=O)c2ccc(-c3cncnc3)cc2)C1)N1CCN(c2ccnc3cc(F)ccc23)CC1. The number of hydrogen-bond donors (Lipinski definition) is 0. The van der Waals surface area contributed by atoms with Gasteiger partial charge >= 0.3 is 0 Å². The molecule has 1 unspecified atom stereocenters. The molecule has 9 nitrogen and oxygen atoms in total. The summed E-state index contributed by atoms with van der Waals surface area (Å²) in [5, 5.41) is 0.877. The van der Waals surface area contributed by atoms with E-state index in [1.54, 1.807) is 48.9 Å². The van der Waals surface area contributed by atoms with Crippen LogP contribution in [-0.2, 0) is 14.8 Å². The number of carbonyl (C=O) groups is 1. The van der Waals surface area contributed by atoms with Gasteiger partial charge in [-0.3, -0.25) is 9.78 Å². The molecule has 11 heteroatoms. The van der Waals surface area contributed by atoms with Crippen LogP contribution in [0.15, 0.2) is 78.3 Å². The fourth-order valence-corrected chi connectivity index (χ4v) is 7.11. The van der Waals surface area contributed by atoms with E-state index in [-0.39, 0.29) is 29.1 Å². The number of hydrogen-bond acceptors (Lipinski definition) is 7. The van der Waals surface area contributed by atoms with Crippen molar-refractivity contribution >= 4 is 32.5 Å². The first-order chi connectivity index (χ1) is 19.4. The fraction of sp³-hybridized carbons (Fsp3) is 0.310. The Balaban J connectivity index is 1.10. The molecule has 0 spiro atoms. The third-order valence-electron chi connectivity index (χ3n) is 7.73. The first-order valence-electron chi connectivity index (χ1n) is 13.3. The van der Waals surface area contributed by atoms with Gasteiger partial charge in [-0.15, -0.1) is 0 Å². The van der Waals surface area contributed by atoms with E-state index >= 15 is 0 Å². The van der Waals surface area contributed by atoms with E-state index in [0.717, 1.165) is 22.2 Å². The zero-order chi connectivity index (χ0) is 27.7. The van der Waals surface area contributed by atoms with E-state index in [0.29, 0.717) is 51.1 Å². The lowest BCUT2D eigenvalue weighted by Gasteiger charge is -2.39. The predicted molar refractivity (Wildman–Crippen MR) is 149 cm³/mol. The maximum atomic E-state index is 13.7. The molecule has 2 aliphatic rings. The van der Waals surface area contributed by atoms with Crippen molar-refractivity contribution in [1.29, 1.82) is 0 Å². The molecule has 4 heterocycles. The smallest absolute Gasteiger partial charge is 0.243 e. The van der Waals surface area contributed by atoms with Gasteiger partial charge in [-0.1, -0.05) is 12.1 Å². The second-order valence-corrected chi connectivity index (χ2v) is 12.1. The van der Waals surface area contributed by atoms with Crippen LogP contribution in [-0.4, -0.2) is 77.8 Å². The Hall–Kier alpha value is -3.96. The van der Waals surface area contributed by atoms with Crippen molar-refractivity contribution in [3.8, 4) is 11.1 Å². The average molecular weight is 561 g/mol. The van der Waals surface area contributed by atoms with Gasteiger partial charge < -0.3 is 9.80 Å². The molecule has 1 atom stereocenters. The van der Waals surface area contributed by atoms with E-state index in [1.807, 2.05) is 11.0 Å². The molecule has 0 radical (unpaired) electrons. The zero-order valence-electron chi connectivity index (χ0n) is 21.9. The van der Waals surface area contributed by atoms with E-state index in [1.165, 1.54) is 22.8 Å². The summed E-state index contributed by atoms with van der Waals surface area (Å²) < 4.78 is 42.0. The van der Waals surface area contributed by atoms with Crippen LogP contribution in [0.2, 0.25) is 0 Å². The molecule has 0 aliphatic carbocycles. The maximum absolute atomic E-state index is 13.7. The molecule has 2 aromatic heterocycles. The van der Waals surface area contributed by atoms with Gasteiger partial charge in [0.2, 0.25) is 15.9 Å². The highest BCUT2D eigenvalue weighted by molar-refractivity contribution is 7.89. The van der Waals surface area contributed by atoms with Gasteiger partial charge in [-0.05, 0) is 48.7 Å². The van der Waals surface area contributed by atoms with Gasteiger partial charge in [0.1, 0.15) is 12.1 Å². The summed E-state index contributed by atoms with van der Waals surface area (Å²) >= 11 is 0. The molecule has 4 aromatic rings. The van der Waals surface area contributed by atoms with Crippen LogP contribution < -0.4 is 4.90 Å². The minimum atomic E-state index is -3.74. The van der Waals surface area contributed by atoms with Gasteiger partial charge in [0, 0.05) is 80.6 Å². The minimum Gasteiger partial charge on any atom is -0.367 e. The number of halogens is 1. The molecule has 206 valence electrons. The Morgan fingerprint density at radius 2 is 1.65 bits per heavy atom. The van der Waals surface area contributed by atoms with Crippen molar-refractivity contribution in [3.05, 3.63) is 79.3 Å². The molecule has 2 aliphatic heterocycles. The highest BCUT2D eigenvalue weighted by Crippen LogP contribution is 2.29. The van der Waals surface area contributed by atoms with Crippen LogP contribution >= 0.6 is 0 Å². The lowest BCUT2D eigenvalue weighted by Crippen LogP contribution is -2.53. The quantitative estimate of drug-likeness (QED) is 0.368. The highest BCUT2D eigenvalue weighted by atomic mass is 32.2. The molecular weight excluding hydrogens is 531 g/mol. The lowest BCUT2D eigenvalue weighted by atomic mass is 9.97. The number of fused-ring (bicyclic) bond motifs is 1. The molecular formula is C29H29FN6O3S. The van der Waals surface area contributed by atoms with Crippen LogP contribution in [0.4, 0.5) is 10.1 Å². The molecule has 0 saturated carbocycles. The summed E-state index contributed by atoms with van der Waals surface area (Å²) in [6, 6.07) is 13.2. The van der Waals surface area contributed by atoms with E-state index in [2.05, 4.69) is 19.9 Å². The normalized spacial score (nSPS) is 18.7. The number of rotatable bonds is 5. The minimum absolute atomic E-state index is 0.000586. The number of benzene rings is 2. The molecule has 2 aromatic carbocycles. The number of carbonyl (C=O) groups excluding carboxylic acids is 1. The second kappa shape index (κ2) is 10.9. The summed E-state index contributed by atoms with van der Waals surface area (Å²) in [7, 11) is -3.74. The number of piperazine rings is 1. The van der Waals surface area contributed by atoms with Crippen LogP contribution in [0, 0.1) is 11.7 Å². The molecule has 0 bridgehead atoms. The zero-order valence-corrected chi connectivity index (χ0v) is 22.7. The maximum Gasteiger partial charge on any atom is 0.243 e. The van der Waals surface area contributed by atoms with Crippen molar-refractivity contribution < 1.29 is 17.6 Å². The largest absolute Gasteiger partial charge is 0.367 e. The number of anilines is 1. The number of aromatic nitrogens is 3. The summed E-state index contributed by atoms with van der Waals surface area (Å²) in [4.78, 5) is 30.0. The van der Waals surface area contributed by atoms with Crippen LogP contribution in [0.25, 0.3) is 22.0 Å². The number of amides is 1. The van der Waals surface area contributed by atoms with E-state index in [4.69, 9.17) is 0 Å². The summed E-state index contributed by atoms with van der Waals surface area (Å²) in [5.74, 6) is -0.698. The number of sulfonamides is 1. The van der Waals surface area contributed by atoms with Gasteiger partial charge in [-0.2, -0.15) is 4.31 Å². The first kappa shape index (κ1) is 26.3. The molecule has 2 fully saturated rings. The third kappa shape index (κ3) is 5.14. The Labute approximate surface area is 232 Å². The van der Waals surface area contributed by atoms with Gasteiger partial charge in [0.25, 0.3) is 0 Å². The predicted octanol–water partition coefficient (Wildman–Crippen LogP) is 3.58. The van der Waals surface area contributed by atoms with Gasteiger partial charge in [0.15, 0.2) is 0 Å². The van der Waals surface area contributed by atoms with Crippen molar-refractivity contribution in [3.63, 3.8) is 0 Å². The molecule has 2 saturated heterocycles. The topological polar surface area (TPSA) is 99.6 Å². The van der Waals surface area contributed by atoms with E-state index in [9.17, 15) is 17.6 Å². The Morgan fingerprint density at radius 3 is 2.40 bits per heavy atom. The van der Waals surface area contributed by atoms with Crippen LogP contribution in [0.3, 0.4) is 0 Å². The standard InChI is InChI=1S/C29H29FN6O3S/c30-24-5-8-26-27(16-24)33-10-9-28(26)34-12-14-35(15-13-34)29(37)22-2-1-11-36(19-22)40(38,39)25-6-3-21(4-7-25)23-17-31-20-32-18-23/h3-10,16-18,20,22H,1-2,11-15,19H2. The molecule has 1 amide bonds. The number of piperidine rings is 1. The highest BCUT2D eigenvalue weighted by Gasteiger charge is 2.36. The third-order valence-corrected chi connectivity index (χ3v) is 9.61. The van der Waals surface area contributed by atoms with Crippen molar-refractivity contribution in [2.45, 2.75) is 17.7 Å². The Bertz CT molecular complexity index is 1630. The van der Waals surface area contributed by atoms with Crippen LogP contribution in [0.5, 0.6) is 0 Å². The fourth-order valence-electron chi connectivity index (χ4n) is 5.59. The monoisotopic (exact) mass is 560 g/mol. The summed E-state index contributed by atoms with van der Waals surface area (Å²) in [6.07, 6.45) is 7.78. The molecule has 40 heavy (non-hydrogen) atoms. The van der Waals surface area contributed by atoms with Gasteiger partial charge in [-0.25, -0.2) is 22.8 Å². The summed E-state index contributed by atoms with van der Waals surface area (Å²) in [5.41, 5.74) is 3.21. The first-order valence-corrected chi connectivity index (χ1v) is 14.8. The lowest BCUT2D eigenvalue weighted by molar-refractivity contribution is -0.137. The number of nitrogens with zero attached hydrogens (tertiary/aromatic N) is 6. The Kier molecular flexibility index (Phi) is 7.16. The van der Waals surface area contributed by atoms with Gasteiger partial charge in [0.05, 0.1) is 16.3 Å². The molecule has 0 N–H and O–H groups in total.